The Morgan fingerprint density at radius 3 is 2.05 bits per heavy atom. The maximum absolute atomic E-state index is 12.4. The highest BCUT2D eigenvalue weighted by atomic mass is 79.9. The average Bonchev–Trinajstić information content (AvgIpc) is 2.53. The van der Waals surface area contributed by atoms with E-state index in [0.29, 0.717) is 31.7 Å². The molecule has 0 bridgehead atoms. The van der Waals surface area contributed by atoms with Gasteiger partial charge in [-0.25, -0.2) is 0 Å². The zero-order chi connectivity index (χ0) is 15.4. The number of piperazine rings is 1. The number of nitrogens with zero attached hydrogens (tertiary/aromatic N) is 2. The molecule has 114 valence electrons. The minimum atomic E-state index is 0.0176. The van der Waals surface area contributed by atoms with Crippen molar-refractivity contribution in [1.29, 1.82) is 0 Å². The predicted molar refractivity (Wildman–Crippen MR) is 86.4 cm³/mol. The van der Waals surface area contributed by atoms with Gasteiger partial charge < -0.3 is 9.80 Å². The smallest absolute Gasteiger partial charge is 0.253 e. The highest BCUT2D eigenvalue weighted by Crippen LogP contribution is 2.13. The summed E-state index contributed by atoms with van der Waals surface area (Å²) in [4.78, 5) is 28.0. The van der Waals surface area contributed by atoms with E-state index >= 15 is 0 Å². The largest absolute Gasteiger partial charge is 0.339 e. The Morgan fingerprint density at radius 2 is 1.57 bits per heavy atom. The van der Waals surface area contributed by atoms with Gasteiger partial charge in [-0.2, -0.15) is 0 Å². The van der Waals surface area contributed by atoms with Crippen LogP contribution in [-0.2, 0) is 10.1 Å². The van der Waals surface area contributed by atoms with Gasteiger partial charge in [0.2, 0.25) is 5.91 Å². The number of carbonyl (C=O) groups excluding carboxylic acids is 2. The van der Waals surface area contributed by atoms with Gasteiger partial charge in [-0.15, -0.1) is 0 Å². The number of hydrogen-bond acceptors (Lipinski definition) is 2. The van der Waals surface area contributed by atoms with Gasteiger partial charge in [0.05, 0.1) is 0 Å². The van der Waals surface area contributed by atoms with Crippen LogP contribution in [-0.4, -0.2) is 47.8 Å². The maximum Gasteiger partial charge on any atom is 0.253 e. The zero-order valence-corrected chi connectivity index (χ0v) is 14.1. The summed E-state index contributed by atoms with van der Waals surface area (Å²) in [6.07, 6.45) is 0. The van der Waals surface area contributed by atoms with Gasteiger partial charge >= 0.3 is 0 Å². The molecule has 0 radical (unpaired) electrons. The van der Waals surface area contributed by atoms with Gasteiger partial charge in [0.1, 0.15) is 0 Å². The molecule has 0 aliphatic carbocycles. The molecule has 1 fully saturated rings. The summed E-state index contributed by atoms with van der Waals surface area (Å²) in [6.45, 7) is 6.29. The van der Waals surface area contributed by atoms with Crippen LogP contribution in [0.5, 0.6) is 0 Å². The van der Waals surface area contributed by atoms with Gasteiger partial charge in [0.25, 0.3) is 5.91 Å². The first-order valence-corrected chi connectivity index (χ1v) is 8.38. The summed E-state index contributed by atoms with van der Waals surface area (Å²) in [6, 6.07) is 7.65. The van der Waals surface area contributed by atoms with Crippen LogP contribution < -0.4 is 0 Å². The van der Waals surface area contributed by atoms with Crippen LogP contribution >= 0.6 is 15.9 Å². The van der Waals surface area contributed by atoms with Gasteiger partial charge in [0.15, 0.2) is 0 Å². The van der Waals surface area contributed by atoms with E-state index in [9.17, 15) is 9.59 Å². The molecule has 0 N–H and O–H groups in total. The van der Waals surface area contributed by atoms with E-state index in [-0.39, 0.29) is 17.7 Å². The first-order chi connectivity index (χ1) is 10.0. The van der Waals surface area contributed by atoms with Crippen molar-refractivity contribution in [2.45, 2.75) is 19.2 Å². The summed E-state index contributed by atoms with van der Waals surface area (Å²) < 4.78 is 0. The summed E-state index contributed by atoms with van der Waals surface area (Å²) in [5.41, 5.74) is 1.86. The minimum Gasteiger partial charge on any atom is -0.339 e. The van der Waals surface area contributed by atoms with Gasteiger partial charge in [-0.3, -0.25) is 9.59 Å². The number of benzene rings is 1. The van der Waals surface area contributed by atoms with E-state index in [0.717, 1.165) is 10.9 Å². The second-order valence-electron chi connectivity index (χ2n) is 5.60. The van der Waals surface area contributed by atoms with Crippen LogP contribution in [0.25, 0.3) is 0 Å². The van der Waals surface area contributed by atoms with Crippen LogP contribution in [0.3, 0.4) is 0 Å². The van der Waals surface area contributed by atoms with Crippen molar-refractivity contribution >= 4 is 27.7 Å². The Bertz CT molecular complexity index is 506. The molecule has 0 atom stereocenters. The number of carbonyl (C=O) groups is 2. The predicted octanol–water partition coefficient (Wildman–Crippen LogP) is 2.52. The topological polar surface area (TPSA) is 40.6 Å². The summed E-state index contributed by atoms with van der Waals surface area (Å²) >= 11 is 3.39. The molecule has 4 nitrogen and oxygen atoms in total. The summed E-state index contributed by atoms with van der Waals surface area (Å²) in [7, 11) is 0. The number of hydrogen-bond donors (Lipinski definition) is 0. The van der Waals surface area contributed by atoms with E-state index in [1.165, 1.54) is 0 Å². The van der Waals surface area contributed by atoms with Crippen molar-refractivity contribution < 1.29 is 9.59 Å². The molecular weight excluding hydrogens is 332 g/mol. The van der Waals surface area contributed by atoms with Crippen molar-refractivity contribution in [1.82, 2.24) is 9.80 Å². The van der Waals surface area contributed by atoms with E-state index in [1.54, 1.807) is 0 Å². The van der Waals surface area contributed by atoms with E-state index in [1.807, 2.05) is 47.9 Å². The number of amides is 2. The van der Waals surface area contributed by atoms with Crippen molar-refractivity contribution in [3.8, 4) is 0 Å². The highest BCUT2D eigenvalue weighted by molar-refractivity contribution is 9.08. The van der Waals surface area contributed by atoms with Gasteiger partial charge in [-0.1, -0.05) is 41.9 Å². The minimum absolute atomic E-state index is 0.0176. The number of rotatable bonds is 3. The van der Waals surface area contributed by atoms with Crippen molar-refractivity contribution in [3.05, 3.63) is 35.4 Å². The fraction of sp³-hybridized carbons (Fsp3) is 0.500. The highest BCUT2D eigenvalue weighted by Gasteiger charge is 2.25. The Balaban J connectivity index is 1.95. The molecule has 21 heavy (non-hydrogen) atoms. The van der Waals surface area contributed by atoms with Crippen molar-refractivity contribution in [3.63, 3.8) is 0 Å². The molecule has 2 rings (SSSR count). The molecule has 0 spiro atoms. The molecule has 0 unspecified atom stereocenters. The molecule has 0 aromatic heterocycles. The molecule has 0 saturated carbocycles. The second-order valence-corrected chi connectivity index (χ2v) is 6.16. The molecule has 1 aliphatic heterocycles. The first kappa shape index (κ1) is 16.0. The fourth-order valence-corrected chi connectivity index (χ4v) is 2.79. The molecular formula is C16H21BrN2O2. The monoisotopic (exact) mass is 352 g/mol. The van der Waals surface area contributed by atoms with Crippen LogP contribution in [0.1, 0.15) is 29.8 Å². The van der Waals surface area contributed by atoms with Crippen LogP contribution in [0.15, 0.2) is 24.3 Å². The Hall–Kier alpha value is -1.36. The third kappa shape index (κ3) is 3.84. The lowest BCUT2D eigenvalue weighted by Crippen LogP contribution is -2.51. The van der Waals surface area contributed by atoms with E-state index in [2.05, 4.69) is 15.9 Å². The molecule has 1 aliphatic rings. The summed E-state index contributed by atoms with van der Waals surface area (Å²) in [5, 5.41) is 0.789. The van der Waals surface area contributed by atoms with Crippen LogP contribution in [0.4, 0.5) is 0 Å². The standard InChI is InChI=1S/C16H21BrN2O2/c1-12(2)15(20)18-7-9-19(10-8-18)16(21)14-5-3-13(11-17)4-6-14/h3-6,12H,7-11H2,1-2H3. The second kappa shape index (κ2) is 7.07. The fourth-order valence-electron chi connectivity index (χ4n) is 2.41. The van der Waals surface area contributed by atoms with Gasteiger partial charge in [-0.05, 0) is 17.7 Å². The lowest BCUT2D eigenvalue weighted by molar-refractivity contribution is -0.135. The first-order valence-electron chi connectivity index (χ1n) is 7.26. The number of alkyl halides is 1. The third-order valence-corrected chi connectivity index (χ3v) is 4.38. The number of halogens is 1. The van der Waals surface area contributed by atoms with Crippen molar-refractivity contribution in [2.75, 3.05) is 26.2 Å². The lowest BCUT2D eigenvalue weighted by atomic mass is 10.1. The van der Waals surface area contributed by atoms with E-state index < -0.39 is 0 Å². The Morgan fingerprint density at radius 1 is 1.05 bits per heavy atom. The Labute approximate surface area is 134 Å². The molecule has 1 aromatic rings. The normalized spacial score (nSPS) is 15.4. The third-order valence-electron chi connectivity index (χ3n) is 3.73. The molecule has 1 saturated heterocycles. The molecule has 5 heteroatoms. The van der Waals surface area contributed by atoms with Crippen molar-refractivity contribution in [2.24, 2.45) is 5.92 Å². The SMILES string of the molecule is CC(C)C(=O)N1CCN(C(=O)c2ccc(CBr)cc2)CC1. The Kier molecular flexibility index (Phi) is 5.39. The summed E-state index contributed by atoms with van der Waals surface area (Å²) in [5.74, 6) is 0.237. The molecule has 1 aromatic carbocycles. The lowest BCUT2D eigenvalue weighted by Gasteiger charge is -2.35. The molecule has 2 amide bonds. The zero-order valence-electron chi connectivity index (χ0n) is 12.5. The quantitative estimate of drug-likeness (QED) is 0.784. The van der Waals surface area contributed by atoms with Crippen LogP contribution in [0, 0.1) is 5.92 Å². The average molecular weight is 353 g/mol. The molecule has 1 heterocycles. The van der Waals surface area contributed by atoms with Crippen LogP contribution in [0.2, 0.25) is 0 Å². The van der Waals surface area contributed by atoms with E-state index in [4.69, 9.17) is 0 Å². The maximum atomic E-state index is 12.4. The van der Waals surface area contributed by atoms with Gasteiger partial charge in [0, 0.05) is 43.0 Å².